The molecule has 5 atom stereocenters. The van der Waals surface area contributed by atoms with Crippen molar-refractivity contribution in [3.63, 3.8) is 0 Å². The van der Waals surface area contributed by atoms with Crippen molar-refractivity contribution in [1.82, 2.24) is 0 Å². The van der Waals surface area contributed by atoms with E-state index in [1.807, 2.05) is 13.8 Å². The van der Waals surface area contributed by atoms with Crippen molar-refractivity contribution in [2.24, 2.45) is 17.4 Å². The van der Waals surface area contributed by atoms with Crippen LogP contribution in [0.5, 0.6) is 0 Å². The van der Waals surface area contributed by atoms with Crippen molar-refractivity contribution in [3.05, 3.63) is 88.5 Å². The van der Waals surface area contributed by atoms with Crippen molar-refractivity contribution in [2.75, 3.05) is 0 Å². The zero-order chi connectivity index (χ0) is 30.4. The number of aliphatic hydroxyl groups is 2. The molecule has 41 heavy (non-hydrogen) atoms. The molecule has 1 aliphatic carbocycles. The van der Waals surface area contributed by atoms with E-state index < -0.39 is 23.3 Å². The smallest absolute Gasteiger partial charge is 0.193 e. The van der Waals surface area contributed by atoms with Gasteiger partial charge in [0.25, 0.3) is 0 Å². The standard InChI is InChI=1S/C36H50BN2O2/c1-10-21(6)36(41)17-26(16-35(39,12-3)19-29(38)34(40)20(4)5)31-23(8)30-24(9)32-25(11-2)14-13-15-28(32)37-33(30)22(7)27(31)18-36/h12-15,20,26,29,34,40-41H,3,6,9-11,16-19,38-39H2,1-2,4-5,7-8H3. The Morgan fingerprint density at radius 2 is 1.90 bits per heavy atom. The minimum Gasteiger partial charge on any atom is -0.391 e. The second-order valence-electron chi connectivity index (χ2n) is 13.1. The molecule has 0 bridgehead atoms. The number of nitrogens with two attached hydrogens (primary N) is 2. The summed E-state index contributed by atoms with van der Waals surface area (Å²) < 4.78 is 0. The third-order valence-corrected chi connectivity index (χ3v) is 10.0. The van der Waals surface area contributed by atoms with Crippen LogP contribution in [0.15, 0.2) is 49.6 Å². The van der Waals surface area contributed by atoms with Crippen LogP contribution in [0.1, 0.15) is 98.2 Å². The number of fused-ring (bicyclic) bond motifs is 3. The molecular weight excluding hydrogens is 503 g/mol. The van der Waals surface area contributed by atoms with Gasteiger partial charge < -0.3 is 21.7 Å². The second-order valence-corrected chi connectivity index (χ2v) is 13.1. The number of hydrogen-bond acceptors (Lipinski definition) is 4. The summed E-state index contributed by atoms with van der Waals surface area (Å²) in [6.45, 7) is 25.6. The molecule has 0 saturated heterocycles. The summed E-state index contributed by atoms with van der Waals surface area (Å²) in [6.07, 6.45) is 4.82. The molecule has 5 heteroatoms. The molecule has 0 fully saturated rings. The molecule has 1 radical (unpaired) electrons. The Bertz CT molecular complexity index is 1380. The van der Waals surface area contributed by atoms with Gasteiger partial charge in [-0.25, -0.2) is 0 Å². The molecule has 4 rings (SSSR count). The van der Waals surface area contributed by atoms with E-state index in [1.54, 1.807) is 6.08 Å². The summed E-state index contributed by atoms with van der Waals surface area (Å²) in [6, 6.07) is 6.03. The van der Waals surface area contributed by atoms with E-state index >= 15 is 0 Å². The topological polar surface area (TPSA) is 92.5 Å². The highest BCUT2D eigenvalue weighted by atomic mass is 16.3. The van der Waals surface area contributed by atoms with Gasteiger partial charge in [-0.3, -0.25) is 0 Å². The molecule has 6 N–H and O–H groups in total. The molecule has 0 aromatic heterocycles. The summed E-state index contributed by atoms with van der Waals surface area (Å²) in [7, 11) is 2.31. The van der Waals surface area contributed by atoms with Gasteiger partial charge in [0.05, 0.1) is 11.7 Å². The predicted octanol–water partition coefficient (Wildman–Crippen LogP) is 4.63. The monoisotopic (exact) mass is 553 g/mol. The largest absolute Gasteiger partial charge is 0.391 e. The maximum absolute atomic E-state index is 12.1. The highest BCUT2D eigenvalue weighted by Crippen LogP contribution is 2.48. The summed E-state index contributed by atoms with van der Waals surface area (Å²) >= 11 is 0. The Labute approximate surface area is 248 Å². The van der Waals surface area contributed by atoms with Crippen LogP contribution >= 0.6 is 0 Å². The van der Waals surface area contributed by atoms with Crippen LogP contribution in [0.25, 0.3) is 5.57 Å². The highest BCUT2D eigenvalue weighted by molar-refractivity contribution is 6.71. The van der Waals surface area contributed by atoms with Gasteiger partial charge in [-0.05, 0) is 102 Å². The molecule has 1 aliphatic heterocycles. The Kier molecular flexibility index (Phi) is 8.98. The van der Waals surface area contributed by atoms with Crippen LogP contribution in [0.4, 0.5) is 0 Å². The van der Waals surface area contributed by atoms with Gasteiger partial charge in [0.1, 0.15) is 0 Å². The third-order valence-electron chi connectivity index (χ3n) is 10.0. The summed E-state index contributed by atoms with van der Waals surface area (Å²) in [5.74, 6) is -0.0138. The van der Waals surface area contributed by atoms with Gasteiger partial charge in [-0.1, -0.05) is 81.6 Å². The van der Waals surface area contributed by atoms with Gasteiger partial charge in [-0.2, -0.15) is 0 Å². The van der Waals surface area contributed by atoms with E-state index in [1.165, 1.54) is 49.9 Å². The van der Waals surface area contributed by atoms with Crippen LogP contribution in [-0.4, -0.2) is 40.8 Å². The van der Waals surface area contributed by atoms with E-state index in [0.29, 0.717) is 32.1 Å². The van der Waals surface area contributed by atoms with Gasteiger partial charge in [0.2, 0.25) is 0 Å². The van der Waals surface area contributed by atoms with Crippen LogP contribution in [0.3, 0.4) is 0 Å². The molecule has 0 spiro atoms. The molecule has 2 aliphatic rings. The number of rotatable bonds is 10. The van der Waals surface area contributed by atoms with Crippen molar-refractivity contribution in [2.45, 2.75) is 109 Å². The first kappa shape index (κ1) is 31.5. The Balaban J connectivity index is 1.88. The van der Waals surface area contributed by atoms with Crippen molar-refractivity contribution < 1.29 is 10.2 Å². The average molecular weight is 554 g/mol. The van der Waals surface area contributed by atoms with Crippen LogP contribution in [-0.2, 0) is 12.8 Å². The second kappa shape index (κ2) is 11.7. The summed E-state index contributed by atoms with van der Waals surface area (Å²) in [5, 5.41) is 22.8. The minimum absolute atomic E-state index is 0.0296. The fourth-order valence-electron chi connectivity index (χ4n) is 7.56. The minimum atomic E-state index is -1.03. The lowest BCUT2D eigenvalue weighted by atomic mass is 9.51. The Morgan fingerprint density at radius 3 is 2.49 bits per heavy atom. The van der Waals surface area contributed by atoms with Gasteiger partial charge in [0.15, 0.2) is 7.28 Å². The van der Waals surface area contributed by atoms with Crippen LogP contribution < -0.4 is 22.4 Å². The molecule has 0 saturated carbocycles. The molecule has 0 amide bonds. The number of benzene rings is 2. The molecule has 1 heterocycles. The zero-order valence-electron chi connectivity index (χ0n) is 26.1. The van der Waals surface area contributed by atoms with Gasteiger partial charge >= 0.3 is 0 Å². The van der Waals surface area contributed by atoms with Crippen molar-refractivity contribution >= 4 is 23.8 Å². The zero-order valence-corrected chi connectivity index (χ0v) is 26.1. The average Bonchev–Trinajstić information content (AvgIpc) is 2.93. The van der Waals surface area contributed by atoms with E-state index in [2.05, 4.69) is 72.9 Å². The molecule has 2 aromatic carbocycles. The maximum Gasteiger partial charge on any atom is 0.193 e. The third kappa shape index (κ3) is 5.55. The van der Waals surface area contributed by atoms with E-state index in [9.17, 15) is 10.2 Å². The van der Waals surface area contributed by atoms with Crippen molar-refractivity contribution in [1.29, 1.82) is 0 Å². The SMILES string of the molecule is C=CC(N)(CC1CC(O)(C(=C)CC)Cc2c(C)c3c(c(C)c21)C(=C)c1c(cccc1CC)[B]3)CC(N)C(O)C(C)C. The molecule has 219 valence electrons. The van der Waals surface area contributed by atoms with Crippen molar-refractivity contribution in [3.8, 4) is 0 Å². The summed E-state index contributed by atoms with van der Waals surface area (Å²) in [4.78, 5) is 0. The number of aliphatic hydroxyl groups excluding tert-OH is 1. The van der Waals surface area contributed by atoms with Crippen LogP contribution in [0.2, 0.25) is 0 Å². The maximum atomic E-state index is 12.1. The molecule has 5 unspecified atom stereocenters. The number of aryl methyl sites for hydroxylation is 1. The molecule has 4 nitrogen and oxygen atoms in total. The Hall–Kier alpha value is -2.44. The highest BCUT2D eigenvalue weighted by Gasteiger charge is 2.44. The lowest BCUT2D eigenvalue weighted by molar-refractivity contribution is 0.0464. The lowest BCUT2D eigenvalue weighted by Crippen LogP contribution is -2.51. The Morgan fingerprint density at radius 1 is 1.22 bits per heavy atom. The quantitative estimate of drug-likeness (QED) is 0.218. The van der Waals surface area contributed by atoms with E-state index in [4.69, 9.17) is 11.5 Å². The molecular formula is C36H50BN2O2. The van der Waals surface area contributed by atoms with Crippen LogP contribution in [0, 0.1) is 19.8 Å². The summed E-state index contributed by atoms with van der Waals surface area (Å²) in [5.41, 5.74) is 24.6. The first-order valence-corrected chi connectivity index (χ1v) is 15.3. The first-order chi connectivity index (χ1) is 19.2. The lowest BCUT2D eigenvalue weighted by Gasteiger charge is -2.45. The van der Waals surface area contributed by atoms with E-state index in [0.717, 1.165) is 17.6 Å². The van der Waals surface area contributed by atoms with Gasteiger partial charge in [-0.15, -0.1) is 6.58 Å². The fraction of sp³-hybridized carbons (Fsp3) is 0.500. The van der Waals surface area contributed by atoms with Gasteiger partial charge in [0, 0.05) is 18.0 Å². The fourth-order valence-corrected chi connectivity index (χ4v) is 7.56. The normalized spacial score (nSPS) is 22.6. The predicted molar refractivity (Wildman–Crippen MR) is 176 cm³/mol. The van der Waals surface area contributed by atoms with E-state index in [-0.39, 0.29) is 11.8 Å². The first-order valence-electron chi connectivity index (χ1n) is 15.3. The number of hydrogen-bond donors (Lipinski definition) is 4. The molecule has 2 aromatic rings.